The lowest BCUT2D eigenvalue weighted by Crippen LogP contribution is -2.27. The van der Waals surface area contributed by atoms with Gasteiger partial charge in [-0.15, -0.1) is 0 Å². The fourth-order valence-corrected chi connectivity index (χ4v) is 2.29. The van der Waals surface area contributed by atoms with Crippen LogP contribution in [0.25, 0.3) is 0 Å². The van der Waals surface area contributed by atoms with E-state index in [4.69, 9.17) is 0 Å². The maximum atomic E-state index is 11.8. The minimum Gasteiger partial charge on any atom is -0.355 e. The average Bonchev–Trinajstić information content (AvgIpc) is 2.48. The molecule has 0 bridgehead atoms. The minimum atomic E-state index is -0.453. The summed E-state index contributed by atoms with van der Waals surface area (Å²) in [7, 11) is 0. The van der Waals surface area contributed by atoms with Gasteiger partial charge in [0, 0.05) is 25.2 Å². The molecular weight excluding hydrogens is 270 g/mol. The molecule has 0 saturated heterocycles. The standard InChI is InChI=1S/C15H19N3O3/c19-15(17-9-6-12-4-7-16-8-5-12)11-13-2-1-3-14(10-13)18(20)21/h1-4,10,16H,5-9,11H2,(H,17,19). The summed E-state index contributed by atoms with van der Waals surface area (Å²) in [5.74, 6) is -0.106. The van der Waals surface area contributed by atoms with E-state index < -0.39 is 4.92 Å². The van der Waals surface area contributed by atoms with Crippen LogP contribution in [-0.2, 0) is 11.2 Å². The highest BCUT2D eigenvalue weighted by Crippen LogP contribution is 2.13. The Bertz CT molecular complexity index is 555. The summed E-state index contributed by atoms with van der Waals surface area (Å²) in [5, 5.41) is 16.8. The van der Waals surface area contributed by atoms with Crippen molar-refractivity contribution < 1.29 is 9.72 Å². The zero-order valence-electron chi connectivity index (χ0n) is 11.8. The zero-order chi connectivity index (χ0) is 15.1. The third-order valence-corrected chi connectivity index (χ3v) is 3.41. The fourth-order valence-electron chi connectivity index (χ4n) is 2.29. The van der Waals surface area contributed by atoms with Gasteiger partial charge in [-0.05, 0) is 24.9 Å². The van der Waals surface area contributed by atoms with Crippen molar-refractivity contribution in [2.24, 2.45) is 0 Å². The van der Waals surface area contributed by atoms with Crippen LogP contribution in [0.1, 0.15) is 18.4 Å². The number of nitrogens with zero attached hydrogens (tertiary/aromatic N) is 1. The first kappa shape index (κ1) is 15.2. The number of benzene rings is 1. The molecule has 0 atom stereocenters. The summed E-state index contributed by atoms with van der Waals surface area (Å²) in [6, 6.07) is 6.18. The third kappa shape index (κ3) is 5.00. The first-order valence-electron chi connectivity index (χ1n) is 7.04. The van der Waals surface area contributed by atoms with Crippen molar-refractivity contribution in [2.75, 3.05) is 19.6 Å². The van der Waals surface area contributed by atoms with Gasteiger partial charge < -0.3 is 10.6 Å². The van der Waals surface area contributed by atoms with Crippen molar-refractivity contribution in [1.29, 1.82) is 0 Å². The molecule has 112 valence electrons. The van der Waals surface area contributed by atoms with Crippen LogP contribution < -0.4 is 10.6 Å². The quantitative estimate of drug-likeness (QED) is 0.473. The van der Waals surface area contributed by atoms with Crippen molar-refractivity contribution >= 4 is 11.6 Å². The number of carbonyl (C=O) groups is 1. The van der Waals surface area contributed by atoms with E-state index in [1.807, 2.05) is 0 Å². The van der Waals surface area contributed by atoms with Crippen LogP contribution in [0.4, 0.5) is 5.69 Å². The van der Waals surface area contributed by atoms with Gasteiger partial charge in [0.05, 0.1) is 11.3 Å². The lowest BCUT2D eigenvalue weighted by atomic mass is 10.1. The van der Waals surface area contributed by atoms with Gasteiger partial charge in [-0.2, -0.15) is 0 Å². The number of nitrogens with one attached hydrogen (secondary N) is 2. The second-order valence-electron chi connectivity index (χ2n) is 5.02. The van der Waals surface area contributed by atoms with E-state index in [1.54, 1.807) is 12.1 Å². The van der Waals surface area contributed by atoms with Crippen molar-refractivity contribution in [3.63, 3.8) is 0 Å². The average molecular weight is 289 g/mol. The highest BCUT2D eigenvalue weighted by molar-refractivity contribution is 5.78. The van der Waals surface area contributed by atoms with Gasteiger partial charge in [-0.25, -0.2) is 0 Å². The minimum absolute atomic E-state index is 0.0140. The van der Waals surface area contributed by atoms with Gasteiger partial charge >= 0.3 is 0 Å². The molecule has 0 aromatic heterocycles. The van der Waals surface area contributed by atoms with Crippen LogP contribution in [0.2, 0.25) is 0 Å². The SMILES string of the molecule is O=C(Cc1cccc([N+](=O)[O-])c1)NCCC1=CCNCC1. The van der Waals surface area contributed by atoms with Crippen molar-refractivity contribution in [3.8, 4) is 0 Å². The molecule has 0 fully saturated rings. The number of hydrogen-bond acceptors (Lipinski definition) is 4. The second kappa shape index (κ2) is 7.54. The normalized spacial score (nSPS) is 14.4. The summed E-state index contributed by atoms with van der Waals surface area (Å²) < 4.78 is 0. The topological polar surface area (TPSA) is 84.3 Å². The van der Waals surface area contributed by atoms with E-state index in [0.29, 0.717) is 12.1 Å². The van der Waals surface area contributed by atoms with Gasteiger partial charge in [-0.3, -0.25) is 14.9 Å². The van der Waals surface area contributed by atoms with E-state index in [1.165, 1.54) is 17.7 Å². The number of nitro groups is 1. The van der Waals surface area contributed by atoms with E-state index in [9.17, 15) is 14.9 Å². The number of amides is 1. The van der Waals surface area contributed by atoms with Crippen molar-refractivity contribution in [1.82, 2.24) is 10.6 Å². The lowest BCUT2D eigenvalue weighted by Gasteiger charge is -2.14. The molecule has 0 aliphatic carbocycles. The van der Waals surface area contributed by atoms with E-state index >= 15 is 0 Å². The van der Waals surface area contributed by atoms with Gasteiger partial charge in [0.1, 0.15) is 0 Å². The largest absolute Gasteiger partial charge is 0.355 e. The Hall–Kier alpha value is -2.21. The second-order valence-corrected chi connectivity index (χ2v) is 5.02. The lowest BCUT2D eigenvalue weighted by molar-refractivity contribution is -0.384. The predicted molar refractivity (Wildman–Crippen MR) is 80.0 cm³/mol. The summed E-state index contributed by atoms with van der Waals surface area (Å²) in [4.78, 5) is 22.0. The summed E-state index contributed by atoms with van der Waals surface area (Å²) in [6.07, 6.45) is 4.22. The highest BCUT2D eigenvalue weighted by atomic mass is 16.6. The third-order valence-electron chi connectivity index (χ3n) is 3.41. The summed E-state index contributed by atoms with van der Waals surface area (Å²) >= 11 is 0. The first-order chi connectivity index (χ1) is 10.1. The van der Waals surface area contributed by atoms with Crippen molar-refractivity contribution in [3.05, 3.63) is 51.6 Å². The Morgan fingerprint density at radius 1 is 1.43 bits per heavy atom. The van der Waals surface area contributed by atoms with E-state index in [2.05, 4.69) is 16.7 Å². The molecule has 6 heteroatoms. The Morgan fingerprint density at radius 3 is 3.00 bits per heavy atom. The molecule has 2 rings (SSSR count). The van der Waals surface area contributed by atoms with E-state index in [0.717, 1.165) is 25.9 Å². The Labute approximate surface area is 123 Å². The molecule has 1 aromatic carbocycles. The predicted octanol–water partition coefficient (Wildman–Crippen LogP) is 1.56. The smallest absolute Gasteiger partial charge is 0.269 e. The van der Waals surface area contributed by atoms with Gasteiger partial charge in [-0.1, -0.05) is 23.8 Å². The molecule has 1 aliphatic heterocycles. The van der Waals surface area contributed by atoms with Crippen LogP contribution in [0.5, 0.6) is 0 Å². The molecule has 1 aliphatic rings. The van der Waals surface area contributed by atoms with Crippen LogP contribution in [0, 0.1) is 10.1 Å². The molecule has 2 N–H and O–H groups in total. The molecule has 1 heterocycles. The van der Waals surface area contributed by atoms with Crippen LogP contribution in [0.3, 0.4) is 0 Å². The molecule has 0 radical (unpaired) electrons. The molecular formula is C15H19N3O3. The van der Waals surface area contributed by atoms with Crippen LogP contribution in [-0.4, -0.2) is 30.5 Å². The molecule has 6 nitrogen and oxygen atoms in total. The highest BCUT2D eigenvalue weighted by Gasteiger charge is 2.09. The molecule has 0 unspecified atom stereocenters. The molecule has 1 amide bonds. The first-order valence-corrected chi connectivity index (χ1v) is 7.04. The maximum absolute atomic E-state index is 11.8. The Balaban J connectivity index is 1.77. The van der Waals surface area contributed by atoms with Crippen LogP contribution in [0.15, 0.2) is 35.9 Å². The number of non-ortho nitro benzene ring substituents is 1. The monoisotopic (exact) mass is 289 g/mol. The fraction of sp³-hybridized carbons (Fsp3) is 0.400. The van der Waals surface area contributed by atoms with Gasteiger partial charge in [0.25, 0.3) is 5.69 Å². The number of nitro benzene ring substituents is 1. The Morgan fingerprint density at radius 2 is 2.29 bits per heavy atom. The zero-order valence-corrected chi connectivity index (χ0v) is 11.8. The number of rotatable bonds is 6. The van der Waals surface area contributed by atoms with Crippen molar-refractivity contribution in [2.45, 2.75) is 19.3 Å². The molecule has 0 saturated carbocycles. The van der Waals surface area contributed by atoms with E-state index in [-0.39, 0.29) is 18.0 Å². The summed E-state index contributed by atoms with van der Waals surface area (Å²) in [6.45, 7) is 2.50. The Kier molecular flexibility index (Phi) is 5.45. The van der Waals surface area contributed by atoms with Crippen LogP contribution >= 0.6 is 0 Å². The number of hydrogen-bond donors (Lipinski definition) is 2. The molecule has 1 aromatic rings. The molecule has 0 spiro atoms. The van der Waals surface area contributed by atoms with Gasteiger partial charge in [0.15, 0.2) is 0 Å². The maximum Gasteiger partial charge on any atom is 0.269 e. The van der Waals surface area contributed by atoms with Gasteiger partial charge in [0.2, 0.25) is 5.91 Å². The number of carbonyl (C=O) groups excluding carboxylic acids is 1. The molecule has 21 heavy (non-hydrogen) atoms. The summed E-state index contributed by atoms with van der Waals surface area (Å²) in [5.41, 5.74) is 2.03.